The van der Waals surface area contributed by atoms with Crippen LogP contribution >= 0.6 is 0 Å². The molecular weight excluding hydrogens is 216 g/mol. The molecule has 0 fully saturated rings. The van der Waals surface area contributed by atoms with Crippen molar-refractivity contribution in [3.63, 3.8) is 0 Å². The Balaban J connectivity index is 1.92. The minimum absolute atomic E-state index is 0.215. The molecular formula is C13H10N2O2. The van der Waals surface area contributed by atoms with E-state index in [-0.39, 0.29) is 5.75 Å². The first kappa shape index (κ1) is 9.72. The van der Waals surface area contributed by atoms with Crippen LogP contribution in [0.25, 0.3) is 5.65 Å². The van der Waals surface area contributed by atoms with Gasteiger partial charge in [-0.15, -0.1) is 0 Å². The first-order chi connectivity index (χ1) is 8.31. The van der Waals surface area contributed by atoms with Gasteiger partial charge in [0.05, 0.1) is 6.20 Å². The second kappa shape index (κ2) is 3.83. The van der Waals surface area contributed by atoms with Gasteiger partial charge in [-0.3, -0.25) is 0 Å². The molecule has 0 atom stereocenters. The van der Waals surface area contributed by atoms with E-state index in [0.29, 0.717) is 11.6 Å². The van der Waals surface area contributed by atoms with E-state index in [1.54, 1.807) is 24.3 Å². The third kappa shape index (κ3) is 1.92. The SMILES string of the molecule is Oc1ccc(Oc2cn3ccccc3n2)cc1. The Kier molecular flexibility index (Phi) is 2.19. The third-order valence-electron chi connectivity index (χ3n) is 2.40. The van der Waals surface area contributed by atoms with Crippen molar-refractivity contribution in [3.05, 3.63) is 54.9 Å². The van der Waals surface area contributed by atoms with Gasteiger partial charge in [-0.05, 0) is 36.4 Å². The van der Waals surface area contributed by atoms with Gasteiger partial charge in [0.25, 0.3) is 0 Å². The number of hydrogen-bond acceptors (Lipinski definition) is 3. The predicted molar refractivity (Wildman–Crippen MR) is 63.4 cm³/mol. The van der Waals surface area contributed by atoms with E-state index in [1.165, 1.54) is 0 Å². The maximum absolute atomic E-state index is 9.16. The number of rotatable bonds is 2. The average molecular weight is 226 g/mol. The molecule has 0 unspecified atom stereocenters. The van der Waals surface area contributed by atoms with Crippen LogP contribution in [0, 0.1) is 0 Å². The molecule has 0 spiro atoms. The summed E-state index contributed by atoms with van der Waals surface area (Å²) in [6.45, 7) is 0. The van der Waals surface area contributed by atoms with Crippen LogP contribution in [0.15, 0.2) is 54.9 Å². The van der Waals surface area contributed by atoms with Gasteiger partial charge in [-0.1, -0.05) is 6.07 Å². The van der Waals surface area contributed by atoms with E-state index in [4.69, 9.17) is 9.84 Å². The first-order valence-corrected chi connectivity index (χ1v) is 5.22. The molecule has 2 aromatic heterocycles. The smallest absolute Gasteiger partial charge is 0.238 e. The van der Waals surface area contributed by atoms with Gasteiger partial charge < -0.3 is 14.2 Å². The number of fused-ring (bicyclic) bond motifs is 1. The highest BCUT2D eigenvalue weighted by Gasteiger charge is 2.02. The topological polar surface area (TPSA) is 46.8 Å². The molecule has 0 bridgehead atoms. The molecule has 0 aliphatic carbocycles. The van der Waals surface area contributed by atoms with Gasteiger partial charge in [-0.25, -0.2) is 0 Å². The Hall–Kier alpha value is -2.49. The molecule has 0 amide bonds. The van der Waals surface area contributed by atoms with Crippen LogP contribution < -0.4 is 4.74 Å². The molecule has 1 N–H and O–H groups in total. The number of ether oxygens (including phenoxy) is 1. The van der Waals surface area contributed by atoms with Crippen LogP contribution in [-0.2, 0) is 0 Å². The number of hydrogen-bond donors (Lipinski definition) is 1. The maximum atomic E-state index is 9.16. The molecule has 4 nitrogen and oxygen atoms in total. The fourth-order valence-electron chi connectivity index (χ4n) is 1.60. The fraction of sp³-hybridized carbons (Fsp3) is 0. The molecule has 3 rings (SSSR count). The quantitative estimate of drug-likeness (QED) is 0.730. The van der Waals surface area contributed by atoms with Crippen LogP contribution in [0.3, 0.4) is 0 Å². The van der Waals surface area contributed by atoms with Crippen LogP contribution in [0.1, 0.15) is 0 Å². The first-order valence-electron chi connectivity index (χ1n) is 5.22. The van der Waals surface area contributed by atoms with Crippen molar-refractivity contribution in [1.29, 1.82) is 0 Å². The van der Waals surface area contributed by atoms with Gasteiger partial charge in [0.15, 0.2) is 0 Å². The van der Waals surface area contributed by atoms with Crippen molar-refractivity contribution in [2.75, 3.05) is 0 Å². The monoisotopic (exact) mass is 226 g/mol. The Morgan fingerprint density at radius 2 is 1.88 bits per heavy atom. The highest BCUT2D eigenvalue weighted by molar-refractivity contribution is 5.42. The highest BCUT2D eigenvalue weighted by atomic mass is 16.5. The minimum atomic E-state index is 0.215. The summed E-state index contributed by atoms with van der Waals surface area (Å²) in [5.74, 6) is 1.39. The zero-order valence-corrected chi connectivity index (χ0v) is 8.95. The highest BCUT2D eigenvalue weighted by Crippen LogP contribution is 2.22. The lowest BCUT2D eigenvalue weighted by Crippen LogP contribution is -1.82. The molecule has 0 radical (unpaired) electrons. The van der Waals surface area contributed by atoms with Crippen LogP contribution in [0.4, 0.5) is 0 Å². The van der Waals surface area contributed by atoms with E-state index in [2.05, 4.69) is 4.98 Å². The second-order valence-corrected chi connectivity index (χ2v) is 3.64. The fourth-order valence-corrected chi connectivity index (χ4v) is 1.60. The predicted octanol–water partition coefficient (Wildman–Crippen LogP) is 2.83. The number of nitrogens with zero attached hydrogens (tertiary/aromatic N) is 2. The van der Waals surface area contributed by atoms with Gasteiger partial charge in [0.2, 0.25) is 5.88 Å². The molecule has 0 aliphatic rings. The standard InChI is InChI=1S/C13H10N2O2/c16-10-4-6-11(7-5-10)17-13-9-15-8-2-1-3-12(15)14-13/h1-9,16H. The van der Waals surface area contributed by atoms with Crippen molar-refractivity contribution in [2.24, 2.45) is 0 Å². The molecule has 2 heterocycles. The number of aromatic nitrogens is 2. The molecule has 3 aromatic rings. The number of aromatic hydroxyl groups is 1. The number of imidazole rings is 1. The van der Waals surface area contributed by atoms with Crippen molar-refractivity contribution in [1.82, 2.24) is 9.38 Å². The molecule has 1 aromatic carbocycles. The Labute approximate surface area is 97.7 Å². The lowest BCUT2D eigenvalue weighted by Gasteiger charge is -2.00. The zero-order chi connectivity index (χ0) is 11.7. The molecule has 0 aliphatic heterocycles. The van der Waals surface area contributed by atoms with Crippen LogP contribution in [0.5, 0.6) is 17.4 Å². The number of benzene rings is 1. The summed E-state index contributed by atoms with van der Waals surface area (Å²) in [6.07, 6.45) is 3.72. The van der Waals surface area contributed by atoms with Gasteiger partial charge >= 0.3 is 0 Å². The summed E-state index contributed by atoms with van der Waals surface area (Å²) in [5.41, 5.74) is 0.835. The van der Waals surface area contributed by atoms with E-state index in [0.717, 1.165) is 5.65 Å². The summed E-state index contributed by atoms with van der Waals surface area (Å²) in [4.78, 5) is 4.31. The van der Waals surface area contributed by atoms with Crippen LogP contribution in [0.2, 0.25) is 0 Å². The van der Waals surface area contributed by atoms with Gasteiger partial charge in [0, 0.05) is 6.20 Å². The lowest BCUT2D eigenvalue weighted by atomic mass is 10.3. The van der Waals surface area contributed by atoms with Gasteiger partial charge in [0.1, 0.15) is 17.1 Å². The van der Waals surface area contributed by atoms with Crippen molar-refractivity contribution in [2.45, 2.75) is 0 Å². The zero-order valence-electron chi connectivity index (χ0n) is 8.95. The van der Waals surface area contributed by atoms with Gasteiger partial charge in [-0.2, -0.15) is 4.98 Å². The van der Waals surface area contributed by atoms with E-state index >= 15 is 0 Å². The summed E-state index contributed by atoms with van der Waals surface area (Å²) in [7, 11) is 0. The lowest BCUT2D eigenvalue weighted by molar-refractivity contribution is 0.456. The molecule has 4 heteroatoms. The maximum Gasteiger partial charge on any atom is 0.238 e. The van der Waals surface area contributed by atoms with E-state index in [1.807, 2.05) is 35.0 Å². The molecule has 0 saturated heterocycles. The summed E-state index contributed by atoms with van der Waals surface area (Å²) >= 11 is 0. The number of pyridine rings is 1. The Morgan fingerprint density at radius 1 is 1.06 bits per heavy atom. The number of phenolic OH excluding ortho intramolecular Hbond substituents is 1. The number of phenols is 1. The van der Waals surface area contributed by atoms with Crippen LogP contribution in [-0.4, -0.2) is 14.5 Å². The minimum Gasteiger partial charge on any atom is -0.508 e. The van der Waals surface area contributed by atoms with Crippen molar-refractivity contribution in [3.8, 4) is 17.4 Å². The Bertz CT molecular complexity index is 611. The summed E-state index contributed by atoms with van der Waals surface area (Å²) in [6, 6.07) is 12.3. The Morgan fingerprint density at radius 3 is 2.65 bits per heavy atom. The molecule has 0 saturated carbocycles. The largest absolute Gasteiger partial charge is 0.508 e. The van der Waals surface area contributed by atoms with Crippen molar-refractivity contribution >= 4 is 5.65 Å². The van der Waals surface area contributed by atoms with Crippen molar-refractivity contribution < 1.29 is 9.84 Å². The molecule has 17 heavy (non-hydrogen) atoms. The normalized spacial score (nSPS) is 10.6. The third-order valence-corrected chi connectivity index (χ3v) is 2.40. The molecule has 84 valence electrons. The van der Waals surface area contributed by atoms with E-state index < -0.39 is 0 Å². The second-order valence-electron chi connectivity index (χ2n) is 3.64. The van der Waals surface area contributed by atoms with E-state index in [9.17, 15) is 0 Å². The summed E-state index contributed by atoms with van der Waals surface area (Å²) < 4.78 is 7.46. The summed E-state index contributed by atoms with van der Waals surface area (Å²) in [5, 5.41) is 9.16. The average Bonchev–Trinajstić information content (AvgIpc) is 2.74.